The summed E-state index contributed by atoms with van der Waals surface area (Å²) in [5.41, 5.74) is 0.784. The Morgan fingerprint density at radius 2 is 1.89 bits per heavy atom. The van der Waals surface area contributed by atoms with Crippen molar-refractivity contribution in [3.63, 3.8) is 0 Å². The first kappa shape index (κ1) is 13.6. The van der Waals surface area contributed by atoms with Gasteiger partial charge in [0.05, 0.1) is 5.41 Å². The molecule has 4 heteroatoms. The summed E-state index contributed by atoms with van der Waals surface area (Å²) in [7, 11) is 0. The maximum atomic E-state index is 12.5. The van der Waals surface area contributed by atoms with Crippen LogP contribution in [0.5, 0.6) is 0 Å². The van der Waals surface area contributed by atoms with Gasteiger partial charge in [-0.2, -0.15) is 0 Å². The van der Waals surface area contributed by atoms with Gasteiger partial charge in [0.15, 0.2) is 0 Å². The Bertz CT molecular complexity index is 466. The number of carboxylic acids is 1. The number of hydrogen-bond acceptors (Lipinski definition) is 2. The lowest BCUT2D eigenvalue weighted by atomic mass is 9.95. The molecular formula is C15H19NO3. The van der Waals surface area contributed by atoms with E-state index in [0.29, 0.717) is 13.0 Å². The smallest absolute Gasteiger partial charge is 0.323 e. The zero-order chi connectivity index (χ0) is 13.9. The largest absolute Gasteiger partial charge is 0.480 e. The van der Waals surface area contributed by atoms with Crippen LogP contribution >= 0.6 is 0 Å². The molecule has 1 fully saturated rings. The van der Waals surface area contributed by atoms with Crippen LogP contribution in [0.3, 0.4) is 0 Å². The number of aliphatic carboxylic acids is 1. The van der Waals surface area contributed by atoms with Gasteiger partial charge < -0.3 is 10.0 Å². The third-order valence-electron chi connectivity index (χ3n) is 3.69. The molecule has 4 nitrogen and oxygen atoms in total. The van der Waals surface area contributed by atoms with Crippen molar-refractivity contribution < 1.29 is 14.7 Å². The lowest BCUT2D eigenvalue weighted by Crippen LogP contribution is -2.41. The van der Waals surface area contributed by atoms with Crippen LogP contribution in [0.15, 0.2) is 30.3 Å². The molecule has 0 saturated heterocycles. The van der Waals surface area contributed by atoms with Gasteiger partial charge in [0.25, 0.3) is 0 Å². The molecule has 1 N–H and O–H groups in total. The highest BCUT2D eigenvalue weighted by Crippen LogP contribution is 2.49. The minimum absolute atomic E-state index is 0.0127. The summed E-state index contributed by atoms with van der Waals surface area (Å²) in [4.78, 5) is 24.7. The molecule has 1 aliphatic rings. The fourth-order valence-corrected chi connectivity index (χ4v) is 2.43. The number of carbonyl (C=O) groups excluding carboxylic acids is 1. The predicted molar refractivity (Wildman–Crippen MR) is 71.7 cm³/mol. The quantitative estimate of drug-likeness (QED) is 0.851. The number of amides is 1. The average molecular weight is 261 g/mol. The maximum Gasteiger partial charge on any atom is 0.323 e. The number of hydrogen-bond donors (Lipinski definition) is 1. The topological polar surface area (TPSA) is 57.6 Å². The maximum absolute atomic E-state index is 12.5. The summed E-state index contributed by atoms with van der Waals surface area (Å²) in [6, 6.07) is 9.91. The zero-order valence-corrected chi connectivity index (χ0v) is 11.1. The monoisotopic (exact) mass is 261 g/mol. The van der Waals surface area contributed by atoms with E-state index in [0.717, 1.165) is 18.4 Å². The summed E-state index contributed by atoms with van der Waals surface area (Å²) in [5.74, 6) is -0.966. The van der Waals surface area contributed by atoms with E-state index >= 15 is 0 Å². The lowest BCUT2D eigenvalue weighted by Gasteiger charge is -2.24. The molecule has 1 saturated carbocycles. The number of nitrogens with zero attached hydrogens (tertiary/aromatic N) is 1. The summed E-state index contributed by atoms with van der Waals surface area (Å²) >= 11 is 0. The molecule has 2 rings (SSSR count). The summed E-state index contributed by atoms with van der Waals surface area (Å²) in [5, 5.41) is 8.85. The Hall–Kier alpha value is -1.84. The van der Waals surface area contributed by atoms with Gasteiger partial charge in [0.1, 0.15) is 6.54 Å². The van der Waals surface area contributed by atoms with Crippen LogP contribution in [0.25, 0.3) is 0 Å². The summed E-state index contributed by atoms with van der Waals surface area (Å²) in [6.07, 6.45) is 2.43. The van der Waals surface area contributed by atoms with Crippen LogP contribution in [-0.2, 0) is 16.0 Å². The Balaban J connectivity index is 2.07. The molecule has 1 aromatic carbocycles. The zero-order valence-electron chi connectivity index (χ0n) is 11.1. The summed E-state index contributed by atoms with van der Waals surface area (Å²) in [6.45, 7) is 2.06. The second-order valence-corrected chi connectivity index (χ2v) is 5.16. The molecule has 0 aliphatic heterocycles. The molecule has 0 unspecified atom stereocenters. The molecule has 0 radical (unpaired) electrons. The van der Waals surface area contributed by atoms with Crippen molar-refractivity contribution in [2.24, 2.45) is 5.41 Å². The van der Waals surface area contributed by atoms with Crippen molar-refractivity contribution in [2.75, 3.05) is 13.1 Å². The second kappa shape index (κ2) is 5.43. The molecule has 0 bridgehead atoms. The van der Waals surface area contributed by atoms with Crippen LogP contribution in [-0.4, -0.2) is 35.0 Å². The number of rotatable bonds is 6. The first-order valence-corrected chi connectivity index (χ1v) is 6.62. The minimum Gasteiger partial charge on any atom is -0.480 e. The van der Waals surface area contributed by atoms with Gasteiger partial charge in [0, 0.05) is 6.54 Å². The van der Waals surface area contributed by atoms with E-state index in [1.165, 1.54) is 4.90 Å². The van der Waals surface area contributed by atoms with Gasteiger partial charge in [0.2, 0.25) is 5.91 Å². The molecule has 1 aliphatic carbocycles. The van der Waals surface area contributed by atoms with Crippen molar-refractivity contribution in [3.8, 4) is 0 Å². The highest BCUT2D eigenvalue weighted by Gasteiger charge is 2.51. The Kier molecular flexibility index (Phi) is 3.88. The number of benzene rings is 1. The average Bonchev–Trinajstić information content (AvgIpc) is 3.17. The normalized spacial score (nSPS) is 15.8. The van der Waals surface area contributed by atoms with Crippen LogP contribution < -0.4 is 0 Å². The third kappa shape index (κ3) is 3.13. The van der Waals surface area contributed by atoms with Crippen LogP contribution in [0, 0.1) is 5.41 Å². The number of carbonyl (C=O) groups is 2. The Labute approximate surface area is 113 Å². The van der Waals surface area contributed by atoms with Crippen LogP contribution in [0.4, 0.5) is 0 Å². The fourth-order valence-electron chi connectivity index (χ4n) is 2.43. The van der Waals surface area contributed by atoms with Gasteiger partial charge in [-0.25, -0.2) is 0 Å². The first-order chi connectivity index (χ1) is 9.07. The van der Waals surface area contributed by atoms with Crippen molar-refractivity contribution in [1.82, 2.24) is 4.90 Å². The summed E-state index contributed by atoms with van der Waals surface area (Å²) < 4.78 is 0. The van der Waals surface area contributed by atoms with Gasteiger partial charge in [-0.3, -0.25) is 9.59 Å². The second-order valence-electron chi connectivity index (χ2n) is 5.16. The SMILES string of the molecule is CCN(CC(=O)O)C(=O)C1(Cc2ccccc2)CC1. The van der Waals surface area contributed by atoms with E-state index in [9.17, 15) is 9.59 Å². The van der Waals surface area contributed by atoms with E-state index in [2.05, 4.69) is 0 Å². The van der Waals surface area contributed by atoms with E-state index in [1.54, 1.807) is 0 Å². The van der Waals surface area contributed by atoms with Crippen LogP contribution in [0.2, 0.25) is 0 Å². The van der Waals surface area contributed by atoms with Crippen molar-refractivity contribution in [1.29, 1.82) is 0 Å². The highest BCUT2D eigenvalue weighted by molar-refractivity contribution is 5.88. The molecule has 1 amide bonds. The number of carboxylic acid groups (broad SMARTS) is 1. The molecule has 19 heavy (non-hydrogen) atoms. The molecule has 0 aromatic heterocycles. The minimum atomic E-state index is -0.953. The molecule has 0 spiro atoms. The number of likely N-dealkylation sites (N-methyl/N-ethyl adjacent to an activating group) is 1. The molecule has 0 heterocycles. The van der Waals surface area contributed by atoms with Crippen molar-refractivity contribution >= 4 is 11.9 Å². The van der Waals surface area contributed by atoms with Gasteiger partial charge in [-0.05, 0) is 31.7 Å². The molecule has 102 valence electrons. The van der Waals surface area contributed by atoms with Crippen molar-refractivity contribution in [3.05, 3.63) is 35.9 Å². The Morgan fingerprint density at radius 3 is 2.37 bits per heavy atom. The third-order valence-corrected chi connectivity index (χ3v) is 3.69. The molecular weight excluding hydrogens is 242 g/mol. The standard InChI is InChI=1S/C15H19NO3/c1-2-16(11-13(17)18)14(19)15(8-9-15)10-12-6-4-3-5-7-12/h3-7H,2,8-11H2,1H3,(H,17,18). The fraction of sp³-hybridized carbons (Fsp3) is 0.467. The van der Waals surface area contributed by atoms with E-state index in [-0.39, 0.29) is 17.9 Å². The van der Waals surface area contributed by atoms with E-state index < -0.39 is 5.97 Å². The predicted octanol–water partition coefficient (Wildman–Crippen LogP) is 1.94. The van der Waals surface area contributed by atoms with Gasteiger partial charge >= 0.3 is 5.97 Å². The highest BCUT2D eigenvalue weighted by atomic mass is 16.4. The molecule has 1 aromatic rings. The molecule has 0 atom stereocenters. The van der Waals surface area contributed by atoms with Gasteiger partial charge in [-0.1, -0.05) is 30.3 Å². The van der Waals surface area contributed by atoms with E-state index in [1.807, 2.05) is 37.3 Å². The van der Waals surface area contributed by atoms with E-state index in [4.69, 9.17) is 5.11 Å². The van der Waals surface area contributed by atoms with Crippen LogP contribution in [0.1, 0.15) is 25.3 Å². The Morgan fingerprint density at radius 1 is 1.26 bits per heavy atom. The van der Waals surface area contributed by atoms with Gasteiger partial charge in [-0.15, -0.1) is 0 Å². The lowest BCUT2D eigenvalue weighted by molar-refractivity contribution is -0.146. The first-order valence-electron chi connectivity index (χ1n) is 6.62. The van der Waals surface area contributed by atoms with Crippen molar-refractivity contribution in [2.45, 2.75) is 26.2 Å².